The number of rotatable bonds is 9. The first kappa shape index (κ1) is 35.4. The van der Waals surface area contributed by atoms with E-state index in [1.165, 1.54) is 13.3 Å². The topological polar surface area (TPSA) is 103 Å². The van der Waals surface area contributed by atoms with Crippen LogP contribution in [0.1, 0.15) is 52.7 Å². The summed E-state index contributed by atoms with van der Waals surface area (Å²) in [6.07, 6.45) is 4.73. The Bertz CT molecular complexity index is 1730. The first-order valence-corrected chi connectivity index (χ1v) is 17.2. The lowest BCUT2D eigenvalue weighted by molar-refractivity contribution is 0.398. The maximum Gasteiger partial charge on any atom is 0.222 e. The molecule has 0 aliphatic rings. The molecule has 0 fully saturated rings. The number of benzene rings is 2. The van der Waals surface area contributed by atoms with Crippen molar-refractivity contribution in [2.45, 2.75) is 51.0 Å². The highest BCUT2D eigenvalue weighted by Gasteiger charge is 2.21. The number of aromatic nitrogens is 2. The summed E-state index contributed by atoms with van der Waals surface area (Å²) in [4.78, 5) is 9.22. The quantitative estimate of drug-likeness (QED) is 0.162. The molecule has 46 heavy (non-hydrogen) atoms. The molecular weight excluding hydrogens is 663 g/mol. The van der Waals surface area contributed by atoms with Crippen LogP contribution in [0.5, 0.6) is 11.6 Å². The van der Waals surface area contributed by atoms with E-state index < -0.39 is 31.5 Å². The van der Waals surface area contributed by atoms with Gasteiger partial charge in [0.2, 0.25) is 5.88 Å². The summed E-state index contributed by atoms with van der Waals surface area (Å²) in [7, 11) is 0.247. The second-order valence-corrected chi connectivity index (χ2v) is 16.8. The van der Waals surface area contributed by atoms with Crippen LogP contribution in [0.2, 0.25) is 10.0 Å². The summed E-state index contributed by atoms with van der Waals surface area (Å²) < 4.78 is 43.4. The van der Waals surface area contributed by atoms with Crippen molar-refractivity contribution in [2.75, 3.05) is 14.2 Å². The Labute approximate surface area is 285 Å². The van der Waals surface area contributed by atoms with E-state index in [0.29, 0.717) is 60.9 Å². The largest absolute Gasteiger partial charge is 0.496 e. The maximum absolute atomic E-state index is 12.4. The van der Waals surface area contributed by atoms with Crippen LogP contribution in [0.15, 0.2) is 69.6 Å². The van der Waals surface area contributed by atoms with Crippen molar-refractivity contribution in [3.05, 3.63) is 82.0 Å². The zero-order chi connectivity index (χ0) is 33.8. The average Bonchev–Trinajstić information content (AvgIpc) is 3.01. The summed E-state index contributed by atoms with van der Waals surface area (Å²) in [5, 5.41) is 0.852. The monoisotopic (exact) mass is 698 g/mol. The van der Waals surface area contributed by atoms with Crippen LogP contribution in [0.4, 0.5) is 0 Å². The van der Waals surface area contributed by atoms with Crippen molar-refractivity contribution < 1.29 is 17.9 Å². The second kappa shape index (κ2) is 14.5. The zero-order valence-corrected chi connectivity index (χ0v) is 30.1. The van der Waals surface area contributed by atoms with Crippen LogP contribution in [-0.4, -0.2) is 54.5 Å². The van der Waals surface area contributed by atoms with Crippen LogP contribution < -0.4 is 9.47 Å². The first-order chi connectivity index (χ1) is 21.6. The Morgan fingerprint density at radius 1 is 0.739 bits per heavy atom. The normalized spacial score (nSPS) is 13.7. The van der Waals surface area contributed by atoms with Gasteiger partial charge in [-0.15, -0.1) is 0 Å². The van der Waals surface area contributed by atoms with Gasteiger partial charge in [-0.2, -0.15) is 8.80 Å². The molecule has 2 atom stereocenters. The molecule has 0 bridgehead atoms. The highest BCUT2D eigenvalue weighted by atomic mass is 35.5. The van der Waals surface area contributed by atoms with Crippen molar-refractivity contribution >= 4 is 57.6 Å². The Morgan fingerprint density at radius 2 is 1.33 bits per heavy atom. The lowest BCUT2D eigenvalue weighted by Crippen LogP contribution is -2.19. The molecule has 2 aromatic carbocycles. The SMILES string of the molecule is COc1cc(-c2nccc(-c3cccc(-c4ccc(/C=N/[S@@](=O)C(C)(C)C)c(OC)n4)c3Cl)c2Cl)ccc1/C=N/[S@@](=O)C(C)(C)C. The Kier molecular flexibility index (Phi) is 11.2. The van der Waals surface area contributed by atoms with Crippen molar-refractivity contribution in [2.24, 2.45) is 8.80 Å². The van der Waals surface area contributed by atoms with Crippen LogP contribution in [0.3, 0.4) is 0 Å². The van der Waals surface area contributed by atoms with Gasteiger partial charge in [-0.05, 0) is 71.9 Å². The van der Waals surface area contributed by atoms with Crippen LogP contribution in [-0.2, 0) is 22.0 Å². The van der Waals surface area contributed by atoms with Gasteiger partial charge in [0.1, 0.15) is 27.7 Å². The third-order valence-electron chi connectivity index (χ3n) is 6.67. The molecule has 12 heteroatoms. The van der Waals surface area contributed by atoms with Gasteiger partial charge in [-0.1, -0.05) is 47.5 Å². The summed E-state index contributed by atoms with van der Waals surface area (Å²) in [6, 6.07) is 16.5. The van der Waals surface area contributed by atoms with E-state index in [2.05, 4.69) is 18.8 Å². The van der Waals surface area contributed by atoms with Gasteiger partial charge in [-0.3, -0.25) is 4.98 Å². The van der Waals surface area contributed by atoms with E-state index in [-0.39, 0.29) is 0 Å². The molecule has 0 aliphatic carbocycles. The lowest BCUT2D eigenvalue weighted by atomic mass is 9.99. The second-order valence-electron chi connectivity index (χ2n) is 12.1. The maximum atomic E-state index is 12.4. The van der Waals surface area contributed by atoms with Crippen LogP contribution in [0, 0.1) is 0 Å². The van der Waals surface area contributed by atoms with Gasteiger partial charge in [0.05, 0.1) is 56.9 Å². The van der Waals surface area contributed by atoms with E-state index in [0.717, 1.165) is 5.56 Å². The summed E-state index contributed by atoms with van der Waals surface area (Å²) >= 11 is 14.0. The highest BCUT2D eigenvalue weighted by Crippen LogP contribution is 2.42. The summed E-state index contributed by atoms with van der Waals surface area (Å²) in [6.45, 7) is 11.2. The van der Waals surface area contributed by atoms with E-state index in [4.69, 9.17) is 32.7 Å². The van der Waals surface area contributed by atoms with Crippen LogP contribution >= 0.6 is 23.2 Å². The number of pyridine rings is 2. The molecule has 0 unspecified atom stereocenters. The van der Waals surface area contributed by atoms with Crippen molar-refractivity contribution in [3.8, 4) is 45.3 Å². The molecule has 2 aromatic heterocycles. The molecule has 242 valence electrons. The Hall–Kier alpha value is -3.44. The van der Waals surface area contributed by atoms with Gasteiger partial charge in [0.25, 0.3) is 0 Å². The predicted octanol–water partition coefficient (Wildman–Crippen LogP) is 8.56. The molecule has 0 amide bonds. The predicted molar refractivity (Wildman–Crippen MR) is 192 cm³/mol. The van der Waals surface area contributed by atoms with Crippen molar-refractivity contribution in [3.63, 3.8) is 0 Å². The standard InChI is InChI=1S/C34H36Cl2N4O4S2/c1-33(2,3)45(41)38-19-22-13-12-21(18-28(22)43-7)31-30(36)25(16-17-37-31)24-10-9-11-26(29(24)35)27-15-14-23(32(40-27)44-8)20-39-46(42)34(4,5)6/h9-20H,1-8H3/b38-19+,39-20+/t45-,46-/m0/s1. The van der Waals surface area contributed by atoms with Gasteiger partial charge in [0, 0.05) is 40.2 Å². The molecule has 0 aliphatic heterocycles. The molecular formula is C34H36Cl2N4O4S2. The fourth-order valence-corrected chi connectivity index (χ4v) is 5.84. The van der Waals surface area contributed by atoms with Crippen molar-refractivity contribution in [1.82, 2.24) is 9.97 Å². The minimum atomic E-state index is -1.42. The fourth-order valence-electron chi connectivity index (χ4n) is 4.14. The Morgan fingerprint density at radius 3 is 1.93 bits per heavy atom. The molecule has 0 saturated carbocycles. The highest BCUT2D eigenvalue weighted by molar-refractivity contribution is 7.85. The molecule has 0 spiro atoms. The third-order valence-corrected chi connectivity index (χ3v) is 10.1. The van der Waals surface area contributed by atoms with Crippen molar-refractivity contribution in [1.29, 1.82) is 0 Å². The number of hydrogen-bond donors (Lipinski definition) is 0. The molecule has 2 heterocycles. The minimum absolute atomic E-state index is 0.324. The van der Waals surface area contributed by atoms with Gasteiger partial charge in [-0.25, -0.2) is 13.4 Å². The van der Waals surface area contributed by atoms with Gasteiger partial charge >= 0.3 is 0 Å². The lowest BCUT2D eigenvalue weighted by Gasteiger charge is -2.15. The molecule has 4 rings (SSSR count). The fraction of sp³-hybridized carbons (Fsp3) is 0.294. The number of halogens is 2. The Balaban J connectivity index is 1.71. The smallest absolute Gasteiger partial charge is 0.222 e. The number of ether oxygens (including phenoxy) is 2. The van der Waals surface area contributed by atoms with Crippen LogP contribution in [0.25, 0.3) is 33.6 Å². The van der Waals surface area contributed by atoms with Gasteiger partial charge in [0.15, 0.2) is 0 Å². The zero-order valence-electron chi connectivity index (χ0n) is 26.9. The summed E-state index contributed by atoms with van der Waals surface area (Å²) in [5.41, 5.74) is 5.16. The molecule has 4 aromatic rings. The summed E-state index contributed by atoms with van der Waals surface area (Å²) in [5.74, 6) is 0.860. The average molecular weight is 700 g/mol. The minimum Gasteiger partial charge on any atom is -0.496 e. The van der Waals surface area contributed by atoms with E-state index in [1.54, 1.807) is 31.7 Å². The van der Waals surface area contributed by atoms with E-state index in [1.807, 2.05) is 84.0 Å². The first-order valence-electron chi connectivity index (χ1n) is 14.2. The molecule has 0 radical (unpaired) electrons. The molecule has 8 nitrogen and oxygen atoms in total. The van der Waals surface area contributed by atoms with E-state index in [9.17, 15) is 8.42 Å². The number of nitrogens with zero attached hydrogens (tertiary/aromatic N) is 4. The third kappa shape index (κ3) is 8.09. The van der Waals surface area contributed by atoms with Gasteiger partial charge < -0.3 is 9.47 Å². The number of methoxy groups -OCH3 is 2. The number of hydrogen-bond acceptors (Lipinski definition) is 6. The molecule has 0 saturated heterocycles. The molecule has 0 N–H and O–H groups in total. The van der Waals surface area contributed by atoms with E-state index >= 15 is 0 Å².